The normalized spacial score (nSPS) is 10.5. The van der Waals surface area contributed by atoms with Crippen molar-refractivity contribution in [1.82, 2.24) is 0 Å². The minimum absolute atomic E-state index is 0.249. The highest BCUT2D eigenvalue weighted by molar-refractivity contribution is 5.65. The summed E-state index contributed by atoms with van der Waals surface area (Å²) in [6.45, 7) is 1.76. The summed E-state index contributed by atoms with van der Waals surface area (Å²) in [5.41, 5.74) is 0.160. The van der Waals surface area contributed by atoms with Crippen LogP contribution < -0.4 is 0 Å². The van der Waals surface area contributed by atoms with E-state index in [1.165, 1.54) is 6.07 Å². The summed E-state index contributed by atoms with van der Waals surface area (Å²) < 4.78 is 0. The molecule has 0 aliphatic rings. The number of nitro groups is 1. The summed E-state index contributed by atoms with van der Waals surface area (Å²) in [6, 6.07) is 4.45. The number of phenols is 1. The van der Waals surface area contributed by atoms with Gasteiger partial charge in [-0.05, 0) is 19.1 Å². The van der Waals surface area contributed by atoms with E-state index in [2.05, 4.69) is 0 Å². The molecule has 1 aromatic carbocycles. The summed E-state index contributed by atoms with van der Waals surface area (Å²) in [5, 5.41) is 19.7. The Morgan fingerprint density at radius 1 is 1.54 bits per heavy atom. The van der Waals surface area contributed by atoms with E-state index < -0.39 is 4.92 Å². The van der Waals surface area contributed by atoms with Crippen LogP contribution in [0.4, 0.5) is 5.69 Å². The van der Waals surface area contributed by atoms with Gasteiger partial charge in [0.25, 0.3) is 0 Å². The van der Waals surface area contributed by atoms with Gasteiger partial charge in [0, 0.05) is 0 Å². The van der Waals surface area contributed by atoms with Gasteiger partial charge in [0.15, 0.2) is 5.75 Å². The van der Waals surface area contributed by atoms with Gasteiger partial charge in [-0.25, -0.2) is 0 Å². The maximum atomic E-state index is 10.5. The van der Waals surface area contributed by atoms with Crippen LogP contribution in [0.3, 0.4) is 0 Å². The Morgan fingerprint density at radius 3 is 2.77 bits per heavy atom. The fraction of sp³-hybridized carbons (Fsp3) is 0.111. The zero-order chi connectivity index (χ0) is 9.84. The van der Waals surface area contributed by atoms with Crippen molar-refractivity contribution in [3.8, 4) is 5.75 Å². The zero-order valence-corrected chi connectivity index (χ0v) is 7.10. The number of hydrogen-bond acceptors (Lipinski definition) is 3. The van der Waals surface area contributed by atoms with Crippen molar-refractivity contribution in [2.75, 3.05) is 0 Å². The Labute approximate surface area is 75.3 Å². The third-order valence-electron chi connectivity index (χ3n) is 1.57. The topological polar surface area (TPSA) is 63.4 Å². The molecular formula is C9H9NO3. The lowest BCUT2D eigenvalue weighted by atomic mass is 10.1. The molecule has 0 aliphatic carbocycles. The second-order valence-electron chi connectivity index (χ2n) is 2.47. The van der Waals surface area contributed by atoms with Crippen molar-refractivity contribution in [2.45, 2.75) is 6.92 Å². The molecule has 0 spiro atoms. The number of allylic oxidation sites excluding steroid dienone is 1. The number of hydrogen-bond donors (Lipinski definition) is 1. The summed E-state index contributed by atoms with van der Waals surface area (Å²) in [7, 11) is 0. The molecule has 0 saturated heterocycles. The van der Waals surface area contributed by atoms with Crippen LogP contribution in [0, 0.1) is 10.1 Å². The summed E-state index contributed by atoms with van der Waals surface area (Å²) in [6.07, 6.45) is 3.26. The van der Waals surface area contributed by atoms with Crippen LogP contribution in [0.5, 0.6) is 5.75 Å². The van der Waals surface area contributed by atoms with E-state index in [4.69, 9.17) is 0 Å². The predicted molar refractivity (Wildman–Crippen MR) is 49.5 cm³/mol. The van der Waals surface area contributed by atoms with Gasteiger partial charge in [-0.15, -0.1) is 0 Å². The Bertz CT molecular complexity index is 358. The third kappa shape index (κ3) is 1.84. The van der Waals surface area contributed by atoms with Crippen molar-refractivity contribution >= 4 is 11.8 Å². The van der Waals surface area contributed by atoms with E-state index in [1.54, 1.807) is 31.2 Å². The standard InChI is InChI=1S/C9H9NO3/c1-2-4-7-5-3-6-8(11)9(7)10(12)13/h2-6,11H,1H3/b4-2+. The average Bonchev–Trinajstić information content (AvgIpc) is 2.04. The molecule has 0 unspecified atom stereocenters. The van der Waals surface area contributed by atoms with Gasteiger partial charge >= 0.3 is 5.69 Å². The highest BCUT2D eigenvalue weighted by Gasteiger charge is 2.16. The van der Waals surface area contributed by atoms with E-state index in [1.807, 2.05) is 0 Å². The van der Waals surface area contributed by atoms with Crippen LogP contribution in [0.1, 0.15) is 12.5 Å². The molecule has 1 N–H and O–H groups in total. The van der Waals surface area contributed by atoms with Crippen molar-refractivity contribution < 1.29 is 10.0 Å². The molecular weight excluding hydrogens is 170 g/mol. The number of para-hydroxylation sites is 1. The van der Waals surface area contributed by atoms with Crippen molar-refractivity contribution in [1.29, 1.82) is 0 Å². The highest BCUT2D eigenvalue weighted by Crippen LogP contribution is 2.29. The molecule has 1 rings (SSSR count). The Hall–Kier alpha value is -1.84. The SMILES string of the molecule is C/C=C/c1cccc(O)c1[N+](=O)[O-]. The lowest BCUT2D eigenvalue weighted by Gasteiger charge is -1.98. The monoisotopic (exact) mass is 179 g/mol. The predicted octanol–water partition coefficient (Wildman–Crippen LogP) is 2.33. The molecule has 13 heavy (non-hydrogen) atoms. The van der Waals surface area contributed by atoms with Crippen LogP contribution in [0.25, 0.3) is 6.08 Å². The minimum atomic E-state index is -0.593. The molecule has 0 heterocycles. The first-order valence-corrected chi connectivity index (χ1v) is 3.76. The van der Waals surface area contributed by atoms with E-state index >= 15 is 0 Å². The first kappa shape index (κ1) is 9.25. The average molecular weight is 179 g/mol. The molecule has 0 aromatic heterocycles. The molecule has 68 valence electrons. The van der Waals surface area contributed by atoms with E-state index in [-0.39, 0.29) is 11.4 Å². The van der Waals surface area contributed by atoms with Crippen LogP contribution in [0.2, 0.25) is 0 Å². The van der Waals surface area contributed by atoms with Gasteiger partial charge < -0.3 is 5.11 Å². The molecule has 1 aromatic rings. The van der Waals surface area contributed by atoms with Gasteiger partial charge in [0.1, 0.15) is 0 Å². The molecule has 0 atom stereocenters. The van der Waals surface area contributed by atoms with Crippen molar-refractivity contribution in [3.63, 3.8) is 0 Å². The number of phenolic OH excluding ortho intramolecular Hbond substituents is 1. The van der Waals surface area contributed by atoms with Crippen molar-refractivity contribution in [3.05, 3.63) is 40.0 Å². The van der Waals surface area contributed by atoms with Gasteiger partial charge in [0.05, 0.1) is 10.5 Å². The second-order valence-corrected chi connectivity index (χ2v) is 2.47. The van der Waals surface area contributed by atoms with Crippen LogP contribution in [-0.2, 0) is 0 Å². The molecule has 4 nitrogen and oxygen atoms in total. The van der Waals surface area contributed by atoms with Gasteiger partial charge in [-0.1, -0.05) is 18.2 Å². The van der Waals surface area contributed by atoms with Gasteiger partial charge in [-0.2, -0.15) is 0 Å². The molecule has 0 aliphatic heterocycles. The van der Waals surface area contributed by atoms with Gasteiger partial charge in [-0.3, -0.25) is 10.1 Å². The molecule has 4 heteroatoms. The lowest BCUT2D eigenvalue weighted by Crippen LogP contribution is -1.91. The van der Waals surface area contributed by atoms with E-state index in [0.29, 0.717) is 5.56 Å². The summed E-state index contributed by atoms with van der Waals surface area (Å²) >= 11 is 0. The van der Waals surface area contributed by atoms with Crippen LogP contribution in [-0.4, -0.2) is 10.0 Å². The largest absolute Gasteiger partial charge is 0.502 e. The molecule has 0 bridgehead atoms. The maximum Gasteiger partial charge on any atom is 0.317 e. The zero-order valence-electron chi connectivity index (χ0n) is 7.10. The molecule has 0 fully saturated rings. The highest BCUT2D eigenvalue weighted by atomic mass is 16.6. The molecule has 0 amide bonds. The van der Waals surface area contributed by atoms with E-state index in [0.717, 1.165) is 0 Å². The first-order valence-electron chi connectivity index (χ1n) is 3.76. The quantitative estimate of drug-likeness (QED) is 0.559. The summed E-state index contributed by atoms with van der Waals surface area (Å²) in [5.74, 6) is -0.305. The Morgan fingerprint density at radius 2 is 2.23 bits per heavy atom. The fourth-order valence-corrected chi connectivity index (χ4v) is 1.06. The molecule has 0 saturated carbocycles. The first-order chi connectivity index (χ1) is 6.16. The van der Waals surface area contributed by atoms with Crippen LogP contribution in [0.15, 0.2) is 24.3 Å². The Kier molecular flexibility index (Phi) is 2.64. The fourth-order valence-electron chi connectivity index (χ4n) is 1.06. The Balaban J connectivity index is 3.34. The number of nitrogens with zero attached hydrogens (tertiary/aromatic N) is 1. The number of nitro benzene ring substituents is 1. The summed E-state index contributed by atoms with van der Waals surface area (Å²) in [4.78, 5) is 9.94. The van der Waals surface area contributed by atoms with Crippen LogP contribution >= 0.6 is 0 Å². The second kappa shape index (κ2) is 3.71. The van der Waals surface area contributed by atoms with E-state index in [9.17, 15) is 15.2 Å². The smallest absolute Gasteiger partial charge is 0.317 e. The third-order valence-corrected chi connectivity index (χ3v) is 1.57. The van der Waals surface area contributed by atoms with Crippen molar-refractivity contribution in [2.24, 2.45) is 0 Å². The molecule has 0 radical (unpaired) electrons. The number of rotatable bonds is 2. The number of benzene rings is 1. The minimum Gasteiger partial charge on any atom is -0.502 e. The van der Waals surface area contributed by atoms with Gasteiger partial charge in [0.2, 0.25) is 0 Å². The lowest BCUT2D eigenvalue weighted by molar-refractivity contribution is -0.386. The number of aromatic hydroxyl groups is 1. The maximum absolute atomic E-state index is 10.5.